The van der Waals surface area contributed by atoms with Crippen LogP contribution < -0.4 is 4.74 Å². The van der Waals surface area contributed by atoms with Crippen LogP contribution in [0.4, 0.5) is 0 Å². The fourth-order valence-electron chi connectivity index (χ4n) is 2.53. The first kappa shape index (κ1) is 15.0. The molecular formula is C18H22N2O2. The van der Waals surface area contributed by atoms with Crippen LogP contribution in [0.3, 0.4) is 0 Å². The molecule has 0 saturated heterocycles. The molecule has 0 radical (unpaired) electrons. The van der Waals surface area contributed by atoms with Gasteiger partial charge in [-0.1, -0.05) is 18.6 Å². The molecule has 0 atom stereocenters. The minimum absolute atomic E-state index is 0.513. The molecule has 22 heavy (non-hydrogen) atoms. The Morgan fingerprint density at radius 1 is 1.14 bits per heavy atom. The minimum atomic E-state index is 0.513. The third-order valence-electron chi connectivity index (χ3n) is 4.06. The third-order valence-corrected chi connectivity index (χ3v) is 4.06. The zero-order chi connectivity index (χ0) is 15.4. The summed E-state index contributed by atoms with van der Waals surface area (Å²) in [4.78, 5) is 9.11. The van der Waals surface area contributed by atoms with E-state index in [2.05, 4.69) is 22.1 Å². The molecule has 1 fully saturated rings. The lowest BCUT2D eigenvalue weighted by atomic mass is 9.85. The van der Waals surface area contributed by atoms with Gasteiger partial charge in [0.25, 0.3) is 0 Å². The van der Waals surface area contributed by atoms with Crippen LogP contribution in [-0.4, -0.2) is 23.7 Å². The van der Waals surface area contributed by atoms with Crippen LogP contribution in [0.25, 0.3) is 0 Å². The van der Waals surface area contributed by atoms with Crippen molar-refractivity contribution in [1.29, 1.82) is 0 Å². The van der Waals surface area contributed by atoms with Gasteiger partial charge in [-0.05, 0) is 43.9 Å². The highest BCUT2D eigenvalue weighted by Crippen LogP contribution is 2.35. The molecule has 116 valence electrons. The molecule has 0 spiro atoms. The predicted molar refractivity (Wildman–Crippen MR) is 85.5 cm³/mol. The maximum absolute atomic E-state index is 5.90. The van der Waals surface area contributed by atoms with Crippen molar-refractivity contribution >= 4 is 0 Å². The molecule has 0 bridgehead atoms. The van der Waals surface area contributed by atoms with Gasteiger partial charge in [0.2, 0.25) is 5.88 Å². The summed E-state index contributed by atoms with van der Waals surface area (Å²) < 4.78 is 11.0. The molecule has 0 amide bonds. The quantitative estimate of drug-likeness (QED) is 0.807. The summed E-state index contributed by atoms with van der Waals surface area (Å²) in [6.45, 7) is 2.72. The maximum atomic E-state index is 5.90. The van der Waals surface area contributed by atoms with E-state index in [9.17, 15) is 0 Å². The molecule has 4 heteroatoms. The summed E-state index contributed by atoms with van der Waals surface area (Å²) in [7, 11) is 1.72. The Kier molecular flexibility index (Phi) is 4.68. The van der Waals surface area contributed by atoms with Crippen molar-refractivity contribution in [3.05, 3.63) is 47.4 Å². The predicted octanol–water partition coefficient (Wildman–Crippen LogP) is 4.03. The van der Waals surface area contributed by atoms with E-state index in [1.54, 1.807) is 7.11 Å². The summed E-state index contributed by atoms with van der Waals surface area (Å²) in [6.07, 6.45) is 4.57. The normalized spacial score (nSPS) is 14.6. The smallest absolute Gasteiger partial charge is 0.222 e. The molecule has 2 aromatic rings. The van der Waals surface area contributed by atoms with E-state index in [1.165, 1.54) is 24.8 Å². The lowest BCUT2D eigenvalue weighted by Crippen LogP contribution is -2.13. The number of nitrogens with zero attached hydrogens (tertiary/aromatic N) is 2. The number of aromatic nitrogens is 2. The standard InChI is InChI=1S/C18H22N2O2/c1-13-12-17(20-18(19-13)15-4-3-5-15)22-16-8-6-14(7-9-16)10-11-21-2/h6-9,12,15H,3-5,10-11H2,1-2H3. The number of aryl methyl sites for hydroxylation is 1. The molecule has 1 heterocycles. The Morgan fingerprint density at radius 2 is 1.91 bits per heavy atom. The molecule has 0 unspecified atom stereocenters. The maximum Gasteiger partial charge on any atom is 0.222 e. The van der Waals surface area contributed by atoms with Crippen molar-refractivity contribution in [2.24, 2.45) is 0 Å². The topological polar surface area (TPSA) is 44.2 Å². The number of hydrogen-bond donors (Lipinski definition) is 0. The van der Waals surface area contributed by atoms with E-state index in [-0.39, 0.29) is 0 Å². The van der Waals surface area contributed by atoms with E-state index in [4.69, 9.17) is 9.47 Å². The van der Waals surface area contributed by atoms with Crippen LogP contribution in [0.1, 0.15) is 42.3 Å². The van der Waals surface area contributed by atoms with E-state index in [0.29, 0.717) is 11.8 Å². The number of hydrogen-bond acceptors (Lipinski definition) is 4. The zero-order valence-electron chi connectivity index (χ0n) is 13.2. The average Bonchev–Trinajstić information content (AvgIpc) is 2.44. The SMILES string of the molecule is COCCc1ccc(Oc2cc(C)nc(C3CCC3)n2)cc1. The monoisotopic (exact) mass is 298 g/mol. The summed E-state index contributed by atoms with van der Waals surface area (Å²) in [5.41, 5.74) is 2.20. The molecule has 1 aromatic heterocycles. The zero-order valence-corrected chi connectivity index (χ0v) is 13.2. The number of methoxy groups -OCH3 is 1. The highest BCUT2D eigenvalue weighted by molar-refractivity contribution is 5.31. The first-order chi connectivity index (χ1) is 10.7. The van der Waals surface area contributed by atoms with Gasteiger partial charge < -0.3 is 9.47 Å². The number of ether oxygens (including phenoxy) is 2. The van der Waals surface area contributed by atoms with Gasteiger partial charge in [-0.2, -0.15) is 4.98 Å². The van der Waals surface area contributed by atoms with Crippen molar-refractivity contribution in [3.63, 3.8) is 0 Å². The van der Waals surface area contributed by atoms with Gasteiger partial charge >= 0.3 is 0 Å². The first-order valence-electron chi connectivity index (χ1n) is 7.86. The van der Waals surface area contributed by atoms with Gasteiger partial charge in [0.1, 0.15) is 11.6 Å². The Hall–Kier alpha value is -1.94. The van der Waals surface area contributed by atoms with Gasteiger partial charge in [-0.15, -0.1) is 0 Å². The molecule has 0 N–H and O–H groups in total. The molecule has 3 rings (SSSR count). The van der Waals surface area contributed by atoms with Crippen LogP contribution >= 0.6 is 0 Å². The second-order valence-corrected chi connectivity index (χ2v) is 5.82. The van der Waals surface area contributed by atoms with Crippen molar-refractivity contribution < 1.29 is 9.47 Å². The third kappa shape index (κ3) is 3.63. The molecule has 1 aliphatic carbocycles. The molecule has 4 nitrogen and oxygen atoms in total. The van der Waals surface area contributed by atoms with Crippen molar-refractivity contribution in [2.45, 2.75) is 38.5 Å². The van der Waals surface area contributed by atoms with Crippen LogP contribution in [0.2, 0.25) is 0 Å². The summed E-state index contributed by atoms with van der Waals surface area (Å²) in [5, 5.41) is 0. The lowest BCUT2D eigenvalue weighted by Gasteiger charge is -2.24. The summed E-state index contributed by atoms with van der Waals surface area (Å²) >= 11 is 0. The number of rotatable bonds is 6. The van der Waals surface area contributed by atoms with E-state index < -0.39 is 0 Å². The van der Waals surface area contributed by atoms with Gasteiger partial charge in [-0.3, -0.25) is 0 Å². The second-order valence-electron chi connectivity index (χ2n) is 5.82. The fraction of sp³-hybridized carbons (Fsp3) is 0.444. The molecule has 0 aliphatic heterocycles. The largest absolute Gasteiger partial charge is 0.439 e. The van der Waals surface area contributed by atoms with Gasteiger partial charge in [0.05, 0.1) is 6.61 Å². The lowest BCUT2D eigenvalue weighted by molar-refractivity contribution is 0.202. The average molecular weight is 298 g/mol. The summed E-state index contributed by atoms with van der Waals surface area (Å²) in [5.74, 6) is 2.88. The Balaban J connectivity index is 1.70. The van der Waals surface area contributed by atoms with Gasteiger partial charge in [-0.25, -0.2) is 4.98 Å². The summed E-state index contributed by atoms with van der Waals surface area (Å²) in [6, 6.07) is 9.97. The van der Waals surface area contributed by atoms with E-state index >= 15 is 0 Å². The van der Waals surface area contributed by atoms with Crippen molar-refractivity contribution in [1.82, 2.24) is 9.97 Å². The molecule has 1 aromatic carbocycles. The Bertz CT molecular complexity index is 621. The minimum Gasteiger partial charge on any atom is -0.439 e. The van der Waals surface area contributed by atoms with Gasteiger partial charge in [0, 0.05) is 24.8 Å². The highest BCUT2D eigenvalue weighted by Gasteiger charge is 2.23. The Labute approximate surface area is 131 Å². The van der Waals surface area contributed by atoms with E-state index in [1.807, 2.05) is 25.1 Å². The molecule has 1 aliphatic rings. The van der Waals surface area contributed by atoms with Crippen molar-refractivity contribution in [2.75, 3.05) is 13.7 Å². The van der Waals surface area contributed by atoms with E-state index in [0.717, 1.165) is 30.3 Å². The highest BCUT2D eigenvalue weighted by atomic mass is 16.5. The first-order valence-corrected chi connectivity index (χ1v) is 7.86. The van der Waals surface area contributed by atoms with Crippen LogP contribution in [-0.2, 0) is 11.2 Å². The Morgan fingerprint density at radius 3 is 2.55 bits per heavy atom. The van der Waals surface area contributed by atoms with Crippen molar-refractivity contribution in [3.8, 4) is 11.6 Å². The number of benzene rings is 1. The fourth-order valence-corrected chi connectivity index (χ4v) is 2.53. The van der Waals surface area contributed by atoms with Crippen LogP contribution in [0.15, 0.2) is 30.3 Å². The molecular weight excluding hydrogens is 276 g/mol. The van der Waals surface area contributed by atoms with Gasteiger partial charge in [0.15, 0.2) is 0 Å². The van der Waals surface area contributed by atoms with Crippen LogP contribution in [0.5, 0.6) is 11.6 Å². The second kappa shape index (κ2) is 6.88. The van der Waals surface area contributed by atoms with Crippen LogP contribution in [0, 0.1) is 6.92 Å². The molecule has 1 saturated carbocycles.